The molecule has 1 fully saturated rings. The summed E-state index contributed by atoms with van der Waals surface area (Å²) in [7, 11) is -3.94. The van der Waals surface area contributed by atoms with Gasteiger partial charge in [-0.05, 0) is 42.7 Å². The van der Waals surface area contributed by atoms with Gasteiger partial charge in [0.05, 0.1) is 17.6 Å². The van der Waals surface area contributed by atoms with Crippen molar-refractivity contribution >= 4 is 26.7 Å². The highest BCUT2D eigenvalue weighted by atomic mass is 32.2. The van der Waals surface area contributed by atoms with Crippen LogP contribution in [0, 0.1) is 0 Å². The number of nitrogens with one attached hydrogen (secondary N) is 1. The number of sulfonamides is 1. The Kier molecular flexibility index (Phi) is 5.36. The molecule has 0 spiro atoms. The lowest BCUT2D eigenvalue weighted by Gasteiger charge is -2.16. The fourth-order valence-electron chi connectivity index (χ4n) is 2.71. The number of ether oxygens (including phenoxy) is 2. The molecule has 1 heterocycles. The van der Waals surface area contributed by atoms with Gasteiger partial charge in [-0.15, -0.1) is 0 Å². The van der Waals surface area contributed by atoms with Crippen LogP contribution in [-0.4, -0.2) is 39.7 Å². The fraction of sp³-hybridized carbons (Fsp3) is 0.389. The van der Waals surface area contributed by atoms with Crippen molar-refractivity contribution in [3.05, 3.63) is 42.5 Å². The summed E-state index contributed by atoms with van der Waals surface area (Å²) in [6, 6.07) is 12.2. The normalized spacial score (nSPS) is 19.0. The van der Waals surface area contributed by atoms with Crippen LogP contribution in [0.3, 0.4) is 0 Å². The second-order valence-electron chi connectivity index (χ2n) is 6.09. The van der Waals surface area contributed by atoms with E-state index in [2.05, 4.69) is 4.72 Å². The third-order valence-electron chi connectivity index (χ3n) is 4.19. The van der Waals surface area contributed by atoms with Gasteiger partial charge in [0.15, 0.2) is 0 Å². The maximum Gasteiger partial charge on any atom is 0.264 e. The van der Waals surface area contributed by atoms with Crippen LogP contribution in [0.25, 0.3) is 10.8 Å². The van der Waals surface area contributed by atoms with Gasteiger partial charge in [0.1, 0.15) is 6.10 Å². The number of rotatable bonds is 6. The Morgan fingerprint density at radius 3 is 2.76 bits per heavy atom. The summed E-state index contributed by atoms with van der Waals surface area (Å²) in [5.41, 5.74) is 0. The molecule has 2 aromatic carbocycles. The summed E-state index contributed by atoms with van der Waals surface area (Å²) >= 11 is 0. The lowest BCUT2D eigenvalue weighted by molar-refractivity contribution is -0.131. The van der Waals surface area contributed by atoms with E-state index < -0.39 is 22.0 Å². The van der Waals surface area contributed by atoms with Crippen molar-refractivity contribution in [3.63, 3.8) is 0 Å². The van der Waals surface area contributed by atoms with Gasteiger partial charge in [-0.2, -0.15) is 0 Å². The summed E-state index contributed by atoms with van der Waals surface area (Å²) in [6.45, 7) is 2.51. The van der Waals surface area contributed by atoms with Crippen LogP contribution in [0.2, 0.25) is 0 Å². The van der Waals surface area contributed by atoms with E-state index in [1.807, 2.05) is 24.3 Å². The maximum atomic E-state index is 12.4. The van der Waals surface area contributed by atoms with E-state index >= 15 is 0 Å². The smallest absolute Gasteiger partial charge is 0.264 e. The maximum absolute atomic E-state index is 12.4. The number of carbonyl (C=O) groups excluding carboxylic acids is 1. The molecule has 0 radical (unpaired) electrons. The van der Waals surface area contributed by atoms with Gasteiger partial charge in [0.2, 0.25) is 0 Å². The minimum Gasteiger partial charge on any atom is -0.376 e. The molecular formula is C18H21NO5S. The number of carbonyl (C=O) groups is 1. The minimum absolute atomic E-state index is 0.0210. The fourth-order valence-corrected chi connectivity index (χ4v) is 3.79. The molecular weight excluding hydrogens is 342 g/mol. The molecule has 1 saturated heterocycles. The topological polar surface area (TPSA) is 81.7 Å². The molecule has 1 aliphatic rings. The second-order valence-corrected chi connectivity index (χ2v) is 7.77. The van der Waals surface area contributed by atoms with Gasteiger partial charge in [0.25, 0.3) is 15.9 Å². The Labute approximate surface area is 147 Å². The molecule has 1 amide bonds. The molecule has 2 atom stereocenters. The third kappa shape index (κ3) is 4.36. The monoisotopic (exact) mass is 363 g/mol. The van der Waals surface area contributed by atoms with E-state index in [1.54, 1.807) is 12.1 Å². The van der Waals surface area contributed by atoms with Gasteiger partial charge in [0, 0.05) is 6.61 Å². The van der Waals surface area contributed by atoms with Gasteiger partial charge < -0.3 is 9.47 Å². The Morgan fingerprint density at radius 1 is 1.28 bits per heavy atom. The molecule has 134 valence electrons. The average Bonchev–Trinajstić information content (AvgIpc) is 3.12. The number of amides is 1. The van der Waals surface area contributed by atoms with Crippen molar-refractivity contribution in [3.8, 4) is 0 Å². The van der Waals surface area contributed by atoms with Crippen molar-refractivity contribution in [2.45, 2.75) is 36.9 Å². The molecule has 6 nitrogen and oxygen atoms in total. The zero-order valence-electron chi connectivity index (χ0n) is 14.0. The Morgan fingerprint density at radius 2 is 2.04 bits per heavy atom. The molecule has 25 heavy (non-hydrogen) atoms. The average molecular weight is 363 g/mol. The summed E-state index contributed by atoms with van der Waals surface area (Å²) in [5.74, 6) is -0.689. The first-order valence-corrected chi connectivity index (χ1v) is 9.73. The molecule has 1 N–H and O–H groups in total. The third-order valence-corrected chi connectivity index (χ3v) is 5.54. The van der Waals surface area contributed by atoms with Gasteiger partial charge in [-0.25, -0.2) is 13.1 Å². The molecule has 2 aromatic rings. The largest absolute Gasteiger partial charge is 0.376 e. The summed E-state index contributed by atoms with van der Waals surface area (Å²) < 4.78 is 37.8. The Bertz CT molecular complexity index is 859. The van der Waals surface area contributed by atoms with Crippen LogP contribution in [-0.2, 0) is 24.3 Å². The van der Waals surface area contributed by atoms with E-state index in [0.717, 1.165) is 23.6 Å². The molecule has 0 aromatic heterocycles. The number of benzene rings is 2. The Balaban J connectivity index is 1.65. The lowest BCUT2D eigenvalue weighted by atomic mass is 10.1. The second kappa shape index (κ2) is 7.51. The van der Waals surface area contributed by atoms with Crippen molar-refractivity contribution in [2.24, 2.45) is 0 Å². The van der Waals surface area contributed by atoms with Crippen molar-refractivity contribution in [1.82, 2.24) is 4.72 Å². The standard InChI is InChI=1S/C18H21NO5S/c1-13(24-12-16-7-4-10-23-16)18(20)19-25(21,22)17-9-8-14-5-2-3-6-15(14)11-17/h2-3,5-6,8-9,11,13,16H,4,7,10,12H2,1H3,(H,19,20)/t13-,16+/m1/s1. The molecule has 0 bridgehead atoms. The van der Waals surface area contributed by atoms with Crippen LogP contribution in [0.1, 0.15) is 19.8 Å². The molecule has 0 aliphatic carbocycles. The first kappa shape index (κ1) is 17.8. The zero-order chi connectivity index (χ0) is 17.9. The quantitative estimate of drug-likeness (QED) is 0.851. The SMILES string of the molecule is C[C@@H](OC[C@@H]1CCCO1)C(=O)NS(=O)(=O)c1ccc2ccccc2c1. The Hall–Kier alpha value is -1.96. The van der Waals surface area contributed by atoms with Crippen molar-refractivity contribution in [2.75, 3.05) is 13.2 Å². The van der Waals surface area contributed by atoms with E-state index in [0.29, 0.717) is 6.61 Å². The number of fused-ring (bicyclic) bond motifs is 1. The molecule has 1 aliphatic heterocycles. The van der Waals surface area contributed by atoms with Crippen molar-refractivity contribution in [1.29, 1.82) is 0 Å². The number of hydrogen-bond donors (Lipinski definition) is 1. The summed E-state index contributed by atoms with van der Waals surface area (Å²) in [5, 5.41) is 1.72. The predicted octanol–water partition coefficient (Wildman–Crippen LogP) is 2.23. The summed E-state index contributed by atoms with van der Waals surface area (Å²) in [6.07, 6.45) is 0.973. The highest BCUT2D eigenvalue weighted by Crippen LogP contribution is 2.19. The zero-order valence-corrected chi connectivity index (χ0v) is 14.8. The molecule has 0 saturated carbocycles. The van der Waals surface area contributed by atoms with Crippen LogP contribution >= 0.6 is 0 Å². The van der Waals surface area contributed by atoms with Crippen LogP contribution < -0.4 is 4.72 Å². The van der Waals surface area contributed by atoms with Gasteiger partial charge in [-0.1, -0.05) is 30.3 Å². The molecule has 3 rings (SSSR count). The van der Waals surface area contributed by atoms with Crippen molar-refractivity contribution < 1.29 is 22.7 Å². The number of hydrogen-bond acceptors (Lipinski definition) is 5. The van der Waals surface area contributed by atoms with E-state index in [-0.39, 0.29) is 17.6 Å². The van der Waals surface area contributed by atoms with Crippen LogP contribution in [0.5, 0.6) is 0 Å². The van der Waals surface area contributed by atoms with E-state index in [4.69, 9.17) is 9.47 Å². The first-order valence-electron chi connectivity index (χ1n) is 8.24. The summed E-state index contributed by atoms with van der Waals surface area (Å²) in [4.78, 5) is 12.2. The van der Waals surface area contributed by atoms with E-state index in [9.17, 15) is 13.2 Å². The van der Waals surface area contributed by atoms with E-state index in [1.165, 1.54) is 13.0 Å². The predicted molar refractivity (Wildman–Crippen MR) is 93.7 cm³/mol. The molecule has 7 heteroatoms. The van der Waals surface area contributed by atoms with Crippen LogP contribution in [0.15, 0.2) is 47.4 Å². The molecule has 0 unspecified atom stereocenters. The highest BCUT2D eigenvalue weighted by Gasteiger charge is 2.24. The first-order chi connectivity index (χ1) is 12.0. The van der Waals surface area contributed by atoms with Gasteiger partial charge in [-0.3, -0.25) is 4.79 Å². The minimum atomic E-state index is -3.94. The van der Waals surface area contributed by atoms with Crippen LogP contribution in [0.4, 0.5) is 0 Å². The lowest BCUT2D eigenvalue weighted by Crippen LogP contribution is -2.39. The van der Waals surface area contributed by atoms with Gasteiger partial charge >= 0.3 is 0 Å². The highest BCUT2D eigenvalue weighted by molar-refractivity contribution is 7.90.